The number of likely N-dealkylation sites (N-methyl/N-ethyl adjacent to an activating group) is 1. The van der Waals surface area contributed by atoms with E-state index in [1.54, 1.807) is 0 Å². The van der Waals surface area contributed by atoms with Crippen molar-refractivity contribution in [2.45, 2.75) is 20.4 Å². The third kappa shape index (κ3) is 4.55. The second-order valence-corrected chi connectivity index (χ2v) is 8.58. The van der Waals surface area contributed by atoms with Crippen molar-refractivity contribution in [2.75, 3.05) is 27.3 Å². The number of allylic oxidation sites excluding steroid dienone is 1. The van der Waals surface area contributed by atoms with Crippen molar-refractivity contribution < 1.29 is 28.3 Å². The molecule has 180 valence electrons. The number of nitrogens with zero attached hydrogens (tertiary/aromatic N) is 1. The van der Waals surface area contributed by atoms with E-state index in [-0.39, 0.29) is 0 Å². The third-order valence-corrected chi connectivity index (χ3v) is 6.21. The molecular formula is C28H27NO6. The van der Waals surface area contributed by atoms with Gasteiger partial charge in [-0.25, -0.2) is 4.79 Å². The Morgan fingerprint density at radius 2 is 1.80 bits per heavy atom. The smallest absolute Gasteiger partial charge is 0.330 e. The summed E-state index contributed by atoms with van der Waals surface area (Å²) in [5.74, 6) is -0.0988. The number of benzene rings is 2. The molecule has 1 heterocycles. The molecule has 0 aliphatic heterocycles. The molecule has 0 radical (unpaired) electrons. The number of carbonyl (C=O) groups excluding carboxylic acids is 3. The Labute approximate surface area is 203 Å². The highest BCUT2D eigenvalue weighted by atomic mass is 16.5. The SMILES string of the molecule is C=C(/C=C/C(=O)OC)OCCN(C)Cc1oc2c(c1C)C(=O)C(=O)c1c-2ccc2c(C)cccc12. The molecule has 2 aromatic carbocycles. The Hall–Kier alpha value is -3.97. The maximum Gasteiger partial charge on any atom is 0.330 e. The zero-order valence-corrected chi connectivity index (χ0v) is 20.3. The summed E-state index contributed by atoms with van der Waals surface area (Å²) in [5.41, 5.74) is 3.11. The number of Topliss-reactive ketones (excluding diaryl/α,β-unsaturated/α-hetero) is 2. The van der Waals surface area contributed by atoms with E-state index in [1.165, 1.54) is 19.3 Å². The van der Waals surface area contributed by atoms with Crippen LogP contribution in [-0.4, -0.2) is 49.7 Å². The van der Waals surface area contributed by atoms with Gasteiger partial charge in [-0.05, 0) is 49.4 Å². The molecule has 1 aliphatic carbocycles. The maximum atomic E-state index is 13.1. The highest BCUT2D eigenvalue weighted by Gasteiger charge is 2.37. The van der Waals surface area contributed by atoms with E-state index in [9.17, 15) is 14.4 Å². The number of methoxy groups -OCH3 is 1. The number of aryl methyl sites for hydroxylation is 1. The second-order valence-electron chi connectivity index (χ2n) is 8.58. The minimum absolute atomic E-state index is 0.339. The molecule has 1 aromatic heterocycles. The molecule has 0 saturated heterocycles. The van der Waals surface area contributed by atoms with E-state index in [2.05, 4.69) is 11.3 Å². The Morgan fingerprint density at radius 1 is 1.06 bits per heavy atom. The number of carbonyl (C=O) groups is 3. The van der Waals surface area contributed by atoms with Crippen LogP contribution < -0.4 is 0 Å². The van der Waals surface area contributed by atoms with Gasteiger partial charge in [0.1, 0.15) is 23.9 Å². The summed E-state index contributed by atoms with van der Waals surface area (Å²) in [6.07, 6.45) is 2.69. The van der Waals surface area contributed by atoms with E-state index in [0.717, 1.165) is 16.3 Å². The molecular weight excluding hydrogens is 446 g/mol. The van der Waals surface area contributed by atoms with Crippen LogP contribution in [-0.2, 0) is 20.8 Å². The van der Waals surface area contributed by atoms with Gasteiger partial charge in [0.2, 0.25) is 11.6 Å². The van der Waals surface area contributed by atoms with E-state index >= 15 is 0 Å². The van der Waals surface area contributed by atoms with E-state index in [4.69, 9.17) is 9.15 Å². The molecule has 0 unspecified atom stereocenters. The molecule has 0 amide bonds. The Morgan fingerprint density at radius 3 is 2.54 bits per heavy atom. The van der Waals surface area contributed by atoms with Crippen molar-refractivity contribution in [3.63, 3.8) is 0 Å². The fraction of sp³-hybridized carbons (Fsp3) is 0.250. The fourth-order valence-corrected chi connectivity index (χ4v) is 4.28. The van der Waals surface area contributed by atoms with Crippen LogP contribution in [0.15, 0.2) is 59.2 Å². The highest BCUT2D eigenvalue weighted by molar-refractivity contribution is 6.54. The van der Waals surface area contributed by atoms with Crippen molar-refractivity contribution in [1.29, 1.82) is 0 Å². The minimum atomic E-state index is -0.534. The molecule has 0 fully saturated rings. The van der Waals surface area contributed by atoms with Gasteiger partial charge in [-0.15, -0.1) is 0 Å². The van der Waals surface area contributed by atoms with Crippen LogP contribution in [0.25, 0.3) is 22.1 Å². The lowest BCUT2D eigenvalue weighted by molar-refractivity contribution is -0.134. The Kier molecular flexibility index (Phi) is 6.71. The molecule has 0 spiro atoms. The fourth-order valence-electron chi connectivity index (χ4n) is 4.28. The molecule has 3 aromatic rings. The predicted molar refractivity (Wildman–Crippen MR) is 132 cm³/mol. The van der Waals surface area contributed by atoms with Crippen LogP contribution in [0.2, 0.25) is 0 Å². The van der Waals surface area contributed by atoms with Gasteiger partial charge in [-0.1, -0.05) is 30.8 Å². The normalized spacial score (nSPS) is 12.8. The van der Waals surface area contributed by atoms with Gasteiger partial charge in [0.15, 0.2) is 0 Å². The zero-order valence-electron chi connectivity index (χ0n) is 20.3. The Bertz CT molecular complexity index is 1390. The summed E-state index contributed by atoms with van der Waals surface area (Å²) in [7, 11) is 3.19. The Balaban J connectivity index is 1.54. The lowest BCUT2D eigenvalue weighted by atomic mass is 9.83. The van der Waals surface area contributed by atoms with Crippen LogP contribution in [0, 0.1) is 13.8 Å². The number of esters is 1. The largest absolute Gasteiger partial charge is 0.493 e. The number of rotatable bonds is 8. The molecule has 7 heteroatoms. The molecule has 0 bridgehead atoms. The van der Waals surface area contributed by atoms with Crippen molar-refractivity contribution in [1.82, 2.24) is 4.90 Å². The average Bonchev–Trinajstić information content (AvgIpc) is 3.16. The topological polar surface area (TPSA) is 86.1 Å². The van der Waals surface area contributed by atoms with E-state index in [0.29, 0.717) is 59.2 Å². The first-order valence-corrected chi connectivity index (χ1v) is 11.2. The van der Waals surface area contributed by atoms with Gasteiger partial charge in [0.25, 0.3) is 0 Å². The molecule has 35 heavy (non-hydrogen) atoms. The summed E-state index contributed by atoms with van der Waals surface area (Å²) in [4.78, 5) is 39.4. The number of fused-ring (bicyclic) bond motifs is 5. The molecule has 7 nitrogen and oxygen atoms in total. The number of hydrogen-bond acceptors (Lipinski definition) is 7. The van der Waals surface area contributed by atoms with Crippen LogP contribution >= 0.6 is 0 Å². The summed E-state index contributed by atoms with van der Waals surface area (Å²) in [6, 6.07) is 9.58. The lowest BCUT2D eigenvalue weighted by Crippen LogP contribution is -2.23. The first-order chi connectivity index (χ1) is 16.7. The molecule has 0 saturated carbocycles. The number of ketones is 2. The van der Waals surface area contributed by atoms with E-state index < -0.39 is 17.5 Å². The number of furan rings is 1. The average molecular weight is 474 g/mol. The second kappa shape index (κ2) is 9.72. The summed E-state index contributed by atoms with van der Waals surface area (Å²) < 4.78 is 16.3. The third-order valence-electron chi connectivity index (χ3n) is 6.21. The lowest BCUT2D eigenvalue weighted by Gasteiger charge is -2.16. The van der Waals surface area contributed by atoms with Gasteiger partial charge in [0.05, 0.1) is 19.2 Å². The quantitative estimate of drug-likeness (QED) is 0.153. The number of hydrogen-bond donors (Lipinski definition) is 0. The first-order valence-electron chi connectivity index (χ1n) is 11.2. The molecule has 4 rings (SSSR count). The maximum absolute atomic E-state index is 13.1. The molecule has 0 N–H and O–H groups in total. The van der Waals surface area contributed by atoms with Crippen LogP contribution in [0.1, 0.15) is 37.6 Å². The van der Waals surface area contributed by atoms with Crippen molar-refractivity contribution >= 4 is 28.3 Å². The standard InChI is InChI=1S/C28H27NO6/c1-16-7-6-8-20-19(16)10-11-21-25(20)27(32)26(31)24-18(3)22(35-28(21)24)15-29(4)13-14-34-17(2)9-12-23(30)33-5/h6-12H,2,13-15H2,1,3-5H3/b12-9+. The van der Waals surface area contributed by atoms with Crippen LogP contribution in [0.3, 0.4) is 0 Å². The van der Waals surface area contributed by atoms with Crippen molar-refractivity contribution in [3.8, 4) is 11.3 Å². The molecule has 1 aliphatic rings. The zero-order chi connectivity index (χ0) is 25.3. The van der Waals surface area contributed by atoms with Crippen LogP contribution in [0.5, 0.6) is 0 Å². The minimum Gasteiger partial charge on any atom is -0.493 e. The predicted octanol–water partition coefficient (Wildman–Crippen LogP) is 4.79. The van der Waals surface area contributed by atoms with Gasteiger partial charge >= 0.3 is 5.97 Å². The van der Waals surface area contributed by atoms with Crippen LogP contribution in [0.4, 0.5) is 0 Å². The van der Waals surface area contributed by atoms with Crippen molar-refractivity contribution in [2.24, 2.45) is 0 Å². The first kappa shape index (κ1) is 24.2. The van der Waals surface area contributed by atoms with Gasteiger partial charge in [-0.2, -0.15) is 0 Å². The van der Waals surface area contributed by atoms with E-state index in [1.807, 2.05) is 56.1 Å². The van der Waals surface area contributed by atoms with Crippen molar-refractivity contribution in [3.05, 3.63) is 82.8 Å². The number of ether oxygens (including phenoxy) is 2. The summed E-state index contributed by atoms with van der Waals surface area (Å²) in [6.45, 7) is 8.84. The summed E-state index contributed by atoms with van der Waals surface area (Å²) >= 11 is 0. The highest BCUT2D eigenvalue weighted by Crippen LogP contribution is 2.41. The summed E-state index contributed by atoms with van der Waals surface area (Å²) in [5, 5.41) is 1.71. The monoisotopic (exact) mass is 473 g/mol. The molecule has 0 atom stereocenters. The van der Waals surface area contributed by atoms with Gasteiger partial charge in [-0.3, -0.25) is 14.5 Å². The van der Waals surface area contributed by atoms with Gasteiger partial charge < -0.3 is 13.9 Å². The van der Waals surface area contributed by atoms with Gasteiger partial charge in [0, 0.05) is 29.3 Å².